The van der Waals surface area contributed by atoms with Crippen molar-refractivity contribution >= 4 is 34.1 Å². The molecule has 1 aliphatic rings. The van der Waals surface area contributed by atoms with E-state index >= 15 is 0 Å². The zero-order valence-electron chi connectivity index (χ0n) is 18.6. The van der Waals surface area contributed by atoms with Crippen molar-refractivity contribution in [2.75, 3.05) is 38.7 Å². The van der Waals surface area contributed by atoms with Crippen LogP contribution in [-0.4, -0.2) is 64.3 Å². The number of hydrogen-bond donors (Lipinski definition) is 3. The van der Waals surface area contributed by atoms with Crippen LogP contribution in [0, 0.1) is 5.41 Å². The Morgan fingerprint density at radius 1 is 1.12 bits per heavy atom. The van der Waals surface area contributed by atoms with Gasteiger partial charge in [-0.2, -0.15) is 5.10 Å². The maximum atomic E-state index is 8.72. The molecule has 0 radical (unpaired) electrons. The SMILES string of the molecule is CN/C=C(\C(=N)N1CCOCC1)c1cnc2ccc(Nc3cc(C(C)C)cnn3)nc2c1. The van der Waals surface area contributed by atoms with E-state index in [-0.39, 0.29) is 0 Å². The highest BCUT2D eigenvalue weighted by Crippen LogP contribution is 2.23. The summed E-state index contributed by atoms with van der Waals surface area (Å²) in [6.45, 7) is 6.89. The summed E-state index contributed by atoms with van der Waals surface area (Å²) in [5.74, 6) is 2.12. The minimum absolute atomic E-state index is 0.363. The van der Waals surface area contributed by atoms with E-state index in [9.17, 15) is 0 Å². The van der Waals surface area contributed by atoms with E-state index in [1.807, 2.05) is 42.4 Å². The lowest BCUT2D eigenvalue weighted by Crippen LogP contribution is -2.41. The Hall–Kier alpha value is -3.59. The molecule has 166 valence electrons. The third-order valence-corrected chi connectivity index (χ3v) is 5.32. The van der Waals surface area contributed by atoms with Gasteiger partial charge < -0.3 is 20.3 Å². The average molecular weight is 433 g/mol. The molecular formula is C23H28N8O. The van der Waals surface area contributed by atoms with Crippen molar-refractivity contribution in [2.45, 2.75) is 19.8 Å². The highest BCUT2D eigenvalue weighted by atomic mass is 16.5. The third kappa shape index (κ3) is 4.83. The average Bonchev–Trinajstić information content (AvgIpc) is 2.82. The predicted molar refractivity (Wildman–Crippen MR) is 126 cm³/mol. The highest BCUT2D eigenvalue weighted by molar-refractivity contribution is 6.21. The van der Waals surface area contributed by atoms with Crippen molar-refractivity contribution in [1.29, 1.82) is 5.41 Å². The summed E-state index contributed by atoms with van der Waals surface area (Å²) in [5.41, 5.74) is 4.21. The van der Waals surface area contributed by atoms with E-state index in [0.717, 1.165) is 27.7 Å². The molecule has 4 heterocycles. The summed E-state index contributed by atoms with van der Waals surface area (Å²) >= 11 is 0. The molecule has 0 unspecified atom stereocenters. The van der Waals surface area contributed by atoms with Crippen molar-refractivity contribution < 1.29 is 4.74 Å². The summed E-state index contributed by atoms with van der Waals surface area (Å²) in [5, 5.41) is 23.3. The van der Waals surface area contributed by atoms with E-state index in [1.54, 1.807) is 12.4 Å². The number of nitrogens with one attached hydrogen (secondary N) is 3. The fourth-order valence-electron chi connectivity index (χ4n) is 3.50. The van der Waals surface area contributed by atoms with Gasteiger partial charge in [0.1, 0.15) is 11.7 Å². The molecule has 3 aromatic rings. The smallest absolute Gasteiger partial charge is 0.154 e. The van der Waals surface area contributed by atoms with Gasteiger partial charge in [0.15, 0.2) is 5.82 Å². The van der Waals surface area contributed by atoms with E-state index < -0.39 is 0 Å². The Balaban J connectivity index is 1.63. The number of nitrogens with zero attached hydrogens (tertiary/aromatic N) is 5. The van der Waals surface area contributed by atoms with Crippen molar-refractivity contribution in [3.63, 3.8) is 0 Å². The molecule has 0 spiro atoms. The Morgan fingerprint density at radius 2 is 1.94 bits per heavy atom. The summed E-state index contributed by atoms with van der Waals surface area (Å²) in [6.07, 6.45) is 5.39. The van der Waals surface area contributed by atoms with E-state index in [1.165, 1.54) is 0 Å². The summed E-state index contributed by atoms with van der Waals surface area (Å²) < 4.78 is 5.42. The van der Waals surface area contributed by atoms with Crippen LogP contribution >= 0.6 is 0 Å². The second kappa shape index (κ2) is 9.69. The number of pyridine rings is 2. The van der Waals surface area contributed by atoms with Crippen LogP contribution in [0.25, 0.3) is 16.6 Å². The van der Waals surface area contributed by atoms with Gasteiger partial charge in [-0.05, 0) is 35.7 Å². The monoisotopic (exact) mass is 432 g/mol. The molecule has 32 heavy (non-hydrogen) atoms. The van der Waals surface area contributed by atoms with Gasteiger partial charge in [0.05, 0.1) is 30.4 Å². The molecule has 1 saturated heterocycles. The number of anilines is 2. The molecule has 9 heteroatoms. The first kappa shape index (κ1) is 21.6. The molecule has 1 aliphatic heterocycles. The zero-order chi connectivity index (χ0) is 22.5. The summed E-state index contributed by atoms with van der Waals surface area (Å²) in [4.78, 5) is 11.3. The van der Waals surface area contributed by atoms with Gasteiger partial charge in [-0.1, -0.05) is 13.8 Å². The van der Waals surface area contributed by atoms with Crippen LogP contribution in [0.2, 0.25) is 0 Å². The molecule has 4 rings (SSSR count). The number of aromatic nitrogens is 4. The van der Waals surface area contributed by atoms with Gasteiger partial charge in [-0.3, -0.25) is 10.4 Å². The molecule has 0 amide bonds. The molecule has 0 aromatic carbocycles. The van der Waals surface area contributed by atoms with Crippen LogP contribution in [0.5, 0.6) is 0 Å². The van der Waals surface area contributed by atoms with Crippen LogP contribution in [0.15, 0.2) is 42.9 Å². The minimum atomic E-state index is 0.363. The van der Waals surface area contributed by atoms with Gasteiger partial charge >= 0.3 is 0 Å². The first-order valence-electron chi connectivity index (χ1n) is 10.7. The van der Waals surface area contributed by atoms with Crippen molar-refractivity contribution in [3.05, 3.63) is 54.0 Å². The lowest BCUT2D eigenvalue weighted by atomic mass is 10.1. The van der Waals surface area contributed by atoms with E-state index in [0.29, 0.717) is 49.7 Å². The predicted octanol–water partition coefficient (Wildman–Crippen LogP) is 3.16. The van der Waals surface area contributed by atoms with Gasteiger partial charge in [0.2, 0.25) is 0 Å². The fourth-order valence-corrected chi connectivity index (χ4v) is 3.50. The van der Waals surface area contributed by atoms with Crippen molar-refractivity contribution in [1.82, 2.24) is 30.4 Å². The molecule has 3 aromatic heterocycles. The van der Waals surface area contributed by atoms with E-state index in [2.05, 4.69) is 39.7 Å². The largest absolute Gasteiger partial charge is 0.393 e. The Labute approximate surface area is 187 Å². The van der Waals surface area contributed by atoms with Crippen molar-refractivity contribution in [2.24, 2.45) is 0 Å². The second-order valence-corrected chi connectivity index (χ2v) is 7.91. The normalized spacial score (nSPS) is 14.6. The van der Waals surface area contributed by atoms with Crippen LogP contribution in [0.4, 0.5) is 11.6 Å². The first-order chi connectivity index (χ1) is 15.5. The van der Waals surface area contributed by atoms with Gasteiger partial charge in [-0.15, -0.1) is 5.10 Å². The Morgan fingerprint density at radius 3 is 2.69 bits per heavy atom. The number of hydrogen-bond acceptors (Lipinski definition) is 8. The number of fused-ring (bicyclic) bond motifs is 1. The van der Waals surface area contributed by atoms with Crippen LogP contribution < -0.4 is 10.6 Å². The maximum absolute atomic E-state index is 8.72. The van der Waals surface area contributed by atoms with Gasteiger partial charge in [0.25, 0.3) is 0 Å². The topological polar surface area (TPSA) is 112 Å². The quantitative estimate of drug-likeness (QED) is 0.402. The van der Waals surface area contributed by atoms with Crippen LogP contribution in [0.1, 0.15) is 30.9 Å². The fraction of sp³-hybridized carbons (Fsp3) is 0.348. The molecule has 1 fully saturated rings. The molecule has 9 nitrogen and oxygen atoms in total. The van der Waals surface area contributed by atoms with Gasteiger partial charge in [-0.25, -0.2) is 4.98 Å². The number of ether oxygens (including phenoxy) is 1. The lowest BCUT2D eigenvalue weighted by Gasteiger charge is -2.30. The standard InChI is InChI=1S/C23H28N8O/c1-15(2)16-11-22(30-27-13-16)29-21-5-4-19-20(28-21)10-17(12-26-19)18(14-25-3)23(24)31-6-8-32-9-7-31/h4-5,10-15,24-25H,6-9H2,1-3H3,(H,28,29,30)/b18-14-,24-23?. The zero-order valence-corrected chi connectivity index (χ0v) is 18.6. The molecular weight excluding hydrogens is 404 g/mol. The number of amidine groups is 1. The lowest BCUT2D eigenvalue weighted by molar-refractivity contribution is 0.0683. The maximum Gasteiger partial charge on any atom is 0.154 e. The minimum Gasteiger partial charge on any atom is -0.393 e. The van der Waals surface area contributed by atoms with Crippen molar-refractivity contribution in [3.8, 4) is 0 Å². The van der Waals surface area contributed by atoms with Gasteiger partial charge in [0, 0.05) is 43.7 Å². The van der Waals surface area contributed by atoms with Crippen LogP contribution in [-0.2, 0) is 4.74 Å². The number of morpholine rings is 1. The van der Waals surface area contributed by atoms with Crippen LogP contribution in [0.3, 0.4) is 0 Å². The second-order valence-electron chi connectivity index (χ2n) is 7.91. The van der Waals surface area contributed by atoms with E-state index in [4.69, 9.17) is 15.1 Å². The highest BCUT2D eigenvalue weighted by Gasteiger charge is 2.19. The first-order valence-corrected chi connectivity index (χ1v) is 10.7. The third-order valence-electron chi connectivity index (χ3n) is 5.32. The Kier molecular flexibility index (Phi) is 6.55. The Bertz CT molecular complexity index is 1140. The summed E-state index contributed by atoms with van der Waals surface area (Å²) in [6, 6.07) is 7.74. The number of rotatable bonds is 6. The molecule has 0 saturated carbocycles. The molecule has 0 aliphatic carbocycles. The molecule has 0 bridgehead atoms. The molecule has 0 atom stereocenters. The molecule has 3 N–H and O–H groups in total. The summed E-state index contributed by atoms with van der Waals surface area (Å²) in [7, 11) is 1.83.